The van der Waals surface area contributed by atoms with E-state index in [0.29, 0.717) is 11.5 Å². The topological polar surface area (TPSA) is 61.0 Å². The van der Waals surface area contributed by atoms with Crippen LogP contribution in [0.4, 0.5) is 0 Å². The van der Waals surface area contributed by atoms with Crippen molar-refractivity contribution in [2.45, 2.75) is 85.1 Å². The Labute approximate surface area is 126 Å². The van der Waals surface area contributed by atoms with Gasteiger partial charge in [0.05, 0.1) is 0 Å². The molecule has 0 aromatic heterocycles. The smallest absolute Gasteiger partial charge is 0.0223 e. The number of unbranched alkanes of at least 4 members (excludes halogenated alkanes) is 3. The van der Waals surface area contributed by atoms with E-state index in [1.165, 1.54) is 51.4 Å². The van der Waals surface area contributed by atoms with Crippen molar-refractivity contribution in [2.75, 3.05) is 5.88 Å². The van der Waals surface area contributed by atoms with Gasteiger partial charge >= 0.3 is 0 Å². The molecular formula is C16H37ClN2. The molecule has 1 fully saturated rings. The van der Waals surface area contributed by atoms with Crippen molar-refractivity contribution < 1.29 is 0 Å². The number of hydrogen-bond acceptors (Lipinski definition) is 2. The molecule has 3 heteroatoms. The molecule has 2 nitrogen and oxygen atoms in total. The zero-order valence-corrected chi connectivity index (χ0v) is 14.4. The minimum absolute atomic E-state index is 0. The Morgan fingerprint density at radius 3 is 1.89 bits per heavy atom. The van der Waals surface area contributed by atoms with Crippen molar-refractivity contribution in [3.05, 3.63) is 0 Å². The van der Waals surface area contributed by atoms with Crippen molar-refractivity contribution in [2.24, 2.45) is 17.1 Å². The first-order chi connectivity index (χ1) is 8.41. The molecule has 1 aliphatic rings. The molecule has 0 aromatic rings. The summed E-state index contributed by atoms with van der Waals surface area (Å²) in [6, 6.07) is 0.494. The van der Waals surface area contributed by atoms with Gasteiger partial charge in [0.15, 0.2) is 0 Å². The molecule has 118 valence electrons. The number of nitrogens with two attached hydrogens (primary N) is 1. The Balaban J connectivity index is 0. The molecule has 0 heterocycles. The second-order valence-corrected chi connectivity index (χ2v) is 7.11. The van der Waals surface area contributed by atoms with Gasteiger partial charge in [0.2, 0.25) is 0 Å². The van der Waals surface area contributed by atoms with Crippen LogP contribution in [0.3, 0.4) is 0 Å². The molecule has 19 heavy (non-hydrogen) atoms. The molecule has 0 amide bonds. The van der Waals surface area contributed by atoms with Crippen LogP contribution in [0.15, 0.2) is 0 Å². The van der Waals surface area contributed by atoms with Crippen molar-refractivity contribution >= 4 is 11.6 Å². The summed E-state index contributed by atoms with van der Waals surface area (Å²) < 4.78 is 0. The van der Waals surface area contributed by atoms with Crippen LogP contribution in [0.25, 0.3) is 0 Å². The lowest BCUT2D eigenvalue weighted by atomic mass is 9.71. The molecule has 0 aliphatic heterocycles. The summed E-state index contributed by atoms with van der Waals surface area (Å²) in [6.45, 7) is 9.23. The van der Waals surface area contributed by atoms with Crippen LogP contribution in [0.1, 0.15) is 79.1 Å². The van der Waals surface area contributed by atoms with Gasteiger partial charge in [0.1, 0.15) is 0 Å². The van der Waals surface area contributed by atoms with E-state index in [-0.39, 0.29) is 6.15 Å². The Bertz CT molecular complexity index is 178. The van der Waals surface area contributed by atoms with Crippen molar-refractivity contribution in [1.29, 1.82) is 0 Å². The zero-order valence-electron chi connectivity index (χ0n) is 13.7. The van der Waals surface area contributed by atoms with Gasteiger partial charge in [0.25, 0.3) is 0 Å². The molecule has 0 aromatic carbocycles. The lowest BCUT2D eigenvalue weighted by Gasteiger charge is -2.35. The third-order valence-electron chi connectivity index (χ3n) is 3.98. The second kappa shape index (κ2) is 12.0. The van der Waals surface area contributed by atoms with Crippen LogP contribution in [0.2, 0.25) is 0 Å². The normalized spacial score (nSPS) is 23.1. The van der Waals surface area contributed by atoms with Crippen LogP contribution >= 0.6 is 11.6 Å². The maximum atomic E-state index is 5.84. The molecule has 0 atom stereocenters. The summed E-state index contributed by atoms with van der Waals surface area (Å²) in [5, 5.41) is 0. The Kier molecular flexibility index (Phi) is 13.6. The van der Waals surface area contributed by atoms with Crippen molar-refractivity contribution in [3.8, 4) is 0 Å². The summed E-state index contributed by atoms with van der Waals surface area (Å²) in [6.07, 6.45) is 10.3. The summed E-state index contributed by atoms with van der Waals surface area (Å²) in [7, 11) is 0. The molecule has 0 radical (unpaired) electrons. The van der Waals surface area contributed by atoms with E-state index in [4.69, 9.17) is 17.3 Å². The van der Waals surface area contributed by atoms with E-state index in [2.05, 4.69) is 27.7 Å². The van der Waals surface area contributed by atoms with E-state index in [0.717, 1.165) is 11.8 Å². The average molecular weight is 293 g/mol. The number of halogens is 1. The molecule has 0 saturated heterocycles. The maximum Gasteiger partial charge on any atom is 0.0223 e. The first-order valence-electron chi connectivity index (χ1n) is 7.73. The third kappa shape index (κ3) is 11.7. The van der Waals surface area contributed by atoms with Gasteiger partial charge in [-0.15, -0.1) is 11.6 Å². The lowest BCUT2D eigenvalue weighted by Crippen LogP contribution is -2.31. The maximum absolute atomic E-state index is 5.84. The molecule has 1 saturated carbocycles. The lowest BCUT2D eigenvalue weighted by molar-refractivity contribution is 0.170. The molecule has 0 unspecified atom stereocenters. The van der Waals surface area contributed by atoms with Crippen LogP contribution in [0, 0.1) is 11.3 Å². The summed E-state index contributed by atoms with van der Waals surface area (Å²) in [5.74, 6) is 1.74. The zero-order chi connectivity index (χ0) is 14.0. The van der Waals surface area contributed by atoms with E-state index in [1.807, 2.05) is 0 Å². The fourth-order valence-corrected chi connectivity index (χ4v) is 2.70. The molecule has 5 N–H and O–H groups in total. The van der Waals surface area contributed by atoms with Gasteiger partial charge in [-0.2, -0.15) is 0 Å². The summed E-state index contributed by atoms with van der Waals surface area (Å²) in [4.78, 5) is 0. The molecule has 0 bridgehead atoms. The van der Waals surface area contributed by atoms with Crippen LogP contribution in [0.5, 0.6) is 0 Å². The largest absolute Gasteiger partial charge is 0.344 e. The monoisotopic (exact) mass is 292 g/mol. The van der Waals surface area contributed by atoms with Crippen LogP contribution in [-0.2, 0) is 0 Å². The second-order valence-electron chi connectivity index (χ2n) is 6.73. The van der Waals surface area contributed by atoms with E-state index in [1.54, 1.807) is 0 Å². The van der Waals surface area contributed by atoms with Crippen LogP contribution in [-0.4, -0.2) is 11.9 Å². The van der Waals surface area contributed by atoms with Crippen LogP contribution < -0.4 is 11.9 Å². The van der Waals surface area contributed by atoms with Gasteiger partial charge in [-0.05, 0) is 43.4 Å². The standard InChI is InChI=1S/C10H21N.C6H13Cl.H3N/c1-10(2,3)8-4-6-9(11)7-5-8;1-2-3-4-5-6-7;/h8-9H,4-7,11H2,1-3H3;2-6H2,1H3;1H3. The number of rotatable bonds is 4. The van der Waals surface area contributed by atoms with Gasteiger partial charge < -0.3 is 11.9 Å². The Hall–Kier alpha value is 0.210. The predicted octanol–water partition coefficient (Wildman–Crippen LogP) is 5.52. The number of hydrogen-bond donors (Lipinski definition) is 2. The third-order valence-corrected chi connectivity index (χ3v) is 4.25. The minimum Gasteiger partial charge on any atom is -0.344 e. The van der Waals surface area contributed by atoms with Crippen molar-refractivity contribution in [1.82, 2.24) is 6.15 Å². The highest BCUT2D eigenvalue weighted by Crippen LogP contribution is 2.37. The van der Waals surface area contributed by atoms with Crippen molar-refractivity contribution in [3.63, 3.8) is 0 Å². The van der Waals surface area contributed by atoms with E-state index in [9.17, 15) is 0 Å². The average Bonchev–Trinajstić information content (AvgIpc) is 2.30. The van der Waals surface area contributed by atoms with Gasteiger partial charge in [-0.3, -0.25) is 0 Å². The highest BCUT2D eigenvalue weighted by atomic mass is 35.5. The molecule has 0 spiro atoms. The Morgan fingerprint density at radius 2 is 1.53 bits per heavy atom. The summed E-state index contributed by atoms with van der Waals surface area (Å²) in [5.41, 5.74) is 6.34. The van der Waals surface area contributed by atoms with Gasteiger partial charge in [0, 0.05) is 11.9 Å². The first kappa shape index (κ1) is 21.5. The van der Waals surface area contributed by atoms with E-state index >= 15 is 0 Å². The molecular weight excluding hydrogens is 256 g/mol. The highest BCUT2D eigenvalue weighted by molar-refractivity contribution is 6.17. The molecule has 1 rings (SSSR count). The fraction of sp³-hybridized carbons (Fsp3) is 1.00. The quantitative estimate of drug-likeness (QED) is 0.529. The van der Waals surface area contributed by atoms with Gasteiger partial charge in [-0.25, -0.2) is 0 Å². The highest BCUT2D eigenvalue weighted by Gasteiger charge is 2.28. The predicted molar refractivity (Wildman–Crippen MR) is 89.3 cm³/mol. The fourth-order valence-electron chi connectivity index (χ4n) is 2.51. The van der Waals surface area contributed by atoms with E-state index < -0.39 is 0 Å². The molecule has 1 aliphatic carbocycles. The Morgan fingerprint density at radius 1 is 1.00 bits per heavy atom. The summed E-state index contributed by atoms with van der Waals surface area (Å²) >= 11 is 5.44. The minimum atomic E-state index is 0. The van der Waals surface area contributed by atoms with Gasteiger partial charge in [-0.1, -0.05) is 47.0 Å². The first-order valence-corrected chi connectivity index (χ1v) is 8.26. The number of alkyl halides is 1. The SMILES string of the molecule is CC(C)(C)C1CCC(N)CC1.CCCCCCCl.N.